The fourth-order valence-corrected chi connectivity index (χ4v) is 2.26. The molecule has 30 heavy (non-hydrogen) atoms. The molecule has 0 radical (unpaired) electrons. The first-order chi connectivity index (χ1) is 13.6. The molecule has 1 heterocycles. The number of hydrogen-bond acceptors (Lipinski definition) is 6. The average molecular weight is 469 g/mol. The summed E-state index contributed by atoms with van der Waals surface area (Å²) in [5, 5.41) is 4.57. The summed E-state index contributed by atoms with van der Waals surface area (Å²) >= 11 is 0. The Bertz CT molecular complexity index is 847. The number of nitrogens with two attached hydrogens (primary N) is 1. The number of anilines is 1. The monoisotopic (exact) mass is 469 g/mol. The second-order valence-corrected chi connectivity index (χ2v) is 8.32. The van der Waals surface area contributed by atoms with Gasteiger partial charge in [-0.25, -0.2) is 9.13 Å². The van der Waals surface area contributed by atoms with Crippen LogP contribution in [0.15, 0.2) is 24.4 Å². The Kier molecular flexibility index (Phi) is 12.3. The number of hydrogen-bond donors (Lipinski definition) is 8. The number of aryl methyl sites for hydroxylation is 1. The summed E-state index contributed by atoms with van der Waals surface area (Å²) in [6.07, 6.45) is 3.90. The zero-order valence-corrected chi connectivity index (χ0v) is 18.6. The summed E-state index contributed by atoms with van der Waals surface area (Å²) in [6, 6.07) is 6.30. The van der Waals surface area contributed by atoms with Crippen molar-refractivity contribution >= 4 is 32.2 Å². The maximum Gasteiger partial charge on any atom is 0.466 e. The molecule has 0 saturated heterocycles. The number of nitrogens with zero attached hydrogens (tertiary/aromatic N) is 1. The highest BCUT2D eigenvalue weighted by Crippen LogP contribution is 2.29. The normalized spacial score (nSPS) is 12.2. The number of fused-ring (bicyclic) bond motifs is 1. The van der Waals surface area contributed by atoms with E-state index in [1.54, 1.807) is 7.11 Å². The molecule has 12 nitrogen and oxygen atoms in total. The Labute approximate surface area is 174 Å². The highest BCUT2D eigenvalue weighted by molar-refractivity contribution is 7.45. The molecule has 172 valence electrons. The molecule has 1 aromatic carbocycles. The molecule has 0 aliphatic rings. The minimum absolute atomic E-state index is 0.249. The van der Waals surface area contributed by atoms with E-state index in [2.05, 4.69) is 17.2 Å². The Morgan fingerprint density at radius 1 is 1.13 bits per heavy atom. The minimum atomic E-state index is -4.64. The molecule has 2 aromatic rings. The van der Waals surface area contributed by atoms with Gasteiger partial charge in [-0.3, -0.25) is 4.98 Å². The highest BCUT2D eigenvalue weighted by Gasteiger charge is 2.07. The summed E-state index contributed by atoms with van der Waals surface area (Å²) in [5.41, 5.74) is 8.98. The first-order valence-corrected chi connectivity index (χ1v) is 11.7. The van der Waals surface area contributed by atoms with Crippen LogP contribution in [0.4, 0.5) is 5.69 Å². The Hall–Kier alpha value is -1.59. The van der Waals surface area contributed by atoms with Crippen molar-refractivity contribution in [1.29, 1.82) is 0 Å². The van der Waals surface area contributed by atoms with Crippen LogP contribution in [0.2, 0.25) is 0 Å². The average Bonchev–Trinajstić information content (AvgIpc) is 2.56. The van der Waals surface area contributed by atoms with Crippen LogP contribution in [-0.4, -0.2) is 54.0 Å². The smallest absolute Gasteiger partial charge is 0.466 e. The van der Waals surface area contributed by atoms with E-state index in [9.17, 15) is 0 Å². The first-order valence-electron chi connectivity index (χ1n) is 8.61. The lowest BCUT2D eigenvalue weighted by molar-refractivity contribution is 0.272. The quantitative estimate of drug-likeness (QED) is 0.221. The highest BCUT2D eigenvalue weighted by atomic mass is 31.2. The number of rotatable bonds is 6. The van der Waals surface area contributed by atoms with Gasteiger partial charge in [0.05, 0.1) is 18.3 Å². The molecule has 0 aliphatic heterocycles. The Morgan fingerprint density at radius 2 is 1.67 bits per heavy atom. The molecule has 0 amide bonds. The van der Waals surface area contributed by atoms with Crippen LogP contribution >= 0.6 is 15.6 Å². The van der Waals surface area contributed by atoms with Crippen molar-refractivity contribution < 1.29 is 43.2 Å². The van der Waals surface area contributed by atoms with Crippen molar-refractivity contribution in [1.82, 2.24) is 4.98 Å². The van der Waals surface area contributed by atoms with Gasteiger partial charge in [-0.1, -0.05) is 0 Å². The number of methoxy groups -OCH3 is 1. The molecule has 1 unspecified atom stereocenters. The molecule has 1 aromatic heterocycles. The van der Waals surface area contributed by atoms with Gasteiger partial charge in [0.25, 0.3) is 0 Å². The number of phosphoric acid groups is 2. The van der Waals surface area contributed by atoms with Crippen molar-refractivity contribution in [2.75, 3.05) is 19.0 Å². The maximum atomic E-state index is 8.88. The zero-order valence-electron chi connectivity index (χ0n) is 16.8. The zero-order chi connectivity index (χ0) is 23.5. The van der Waals surface area contributed by atoms with Gasteiger partial charge in [-0.15, -0.1) is 0 Å². The second kappa shape index (κ2) is 13.0. The van der Waals surface area contributed by atoms with Gasteiger partial charge in [0.15, 0.2) is 0 Å². The Balaban J connectivity index is 0.000000702. The van der Waals surface area contributed by atoms with Crippen molar-refractivity contribution in [3.8, 4) is 5.75 Å². The third kappa shape index (κ3) is 15.3. The molecular weight excluding hydrogens is 440 g/mol. The van der Waals surface area contributed by atoms with Crippen molar-refractivity contribution in [2.24, 2.45) is 5.73 Å². The van der Waals surface area contributed by atoms with Gasteiger partial charge in [-0.05, 0) is 44.4 Å². The van der Waals surface area contributed by atoms with Gasteiger partial charge in [0.2, 0.25) is 0 Å². The van der Waals surface area contributed by atoms with Gasteiger partial charge in [-0.2, -0.15) is 0 Å². The van der Waals surface area contributed by atoms with Crippen LogP contribution in [0, 0.1) is 6.92 Å². The fraction of sp³-hybridized carbons (Fsp3) is 0.438. The lowest BCUT2D eigenvalue weighted by Gasteiger charge is -2.13. The lowest BCUT2D eigenvalue weighted by atomic mass is 10.1. The number of ether oxygens (including phenoxy) is 1. The molecule has 14 heteroatoms. The van der Waals surface area contributed by atoms with Crippen LogP contribution < -0.4 is 15.8 Å². The molecule has 0 aliphatic carbocycles. The van der Waals surface area contributed by atoms with Crippen LogP contribution in [0.3, 0.4) is 0 Å². The van der Waals surface area contributed by atoms with Gasteiger partial charge in [0, 0.05) is 30.2 Å². The topological polar surface area (TPSA) is 216 Å². The van der Waals surface area contributed by atoms with Crippen LogP contribution in [0.1, 0.15) is 25.3 Å². The molecule has 0 fully saturated rings. The van der Waals surface area contributed by atoms with E-state index >= 15 is 0 Å². The van der Waals surface area contributed by atoms with E-state index in [0.717, 1.165) is 41.7 Å². The van der Waals surface area contributed by atoms with Crippen LogP contribution in [0.5, 0.6) is 5.75 Å². The summed E-state index contributed by atoms with van der Waals surface area (Å²) < 4.78 is 23.1. The van der Waals surface area contributed by atoms with E-state index in [4.69, 9.17) is 49.0 Å². The summed E-state index contributed by atoms with van der Waals surface area (Å²) in [7, 11) is -7.59. The summed E-state index contributed by atoms with van der Waals surface area (Å²) in [5.74, 6) is 0.850. The van der Waals surface area contributed by atoms with E-state index < -0.39 is 15.6 Å². The molecule has 2 rings (SSSR count). The molecule has 0 bridgehead atoms. The van der Waals surface area contributed by atoms with Crippen molar-refractivity contribution in [2.45, 2.75) is 32.7 Å². The van der Waals surface area contributed by atoms with Gasteiger partial charge >= 0.3 is 15.6 Å². The van der Waals surface area contributed by atoms with Crippen molar-refractivity contribution in [3.63, 3.8) is 0 Å². The molecule has 0 spiro atoms. The third-order valence-corrected chi connectivity index (χ3v) is 3.42. The largest absolute Gasteiger partial charge is 0.497 e. The van der Waals surface area contributed by atoms with E-state index in [1.165, 1.54) is 5.56 Å². The summed E-state index contributed by atoms with van der Waals surface area (Å²) in [6.45, 7) is 5.01. The predicted molar refractivity (Wildman–Crippen MR) is 113 cm³/mol. The number of aromatic nitrogens is 1. The minimum Gasteiger partial charge on any atom is -0.497 e. The van der Waals surface area contributed by atoms with Gasteiger partial charge < -0.3 is 45.1 Å². The number of pyridine rings is 1. The van der Waals surface area contributed by atoms with E-state index in [1.807, 2.05) is 31.3 Å². The molecule has 1 atom stereocenters. The third-order valence-electron chi connectivity index (χ3n) is 3.42. The van der Waals surface area contributed by atoms with Crippen molar-refractivity contribution in [3.05, 3.63) is 30.0 Å². The molecule has 0 saturated carbocycles. The SMILES string of the molecule is COc1cc(NCCCC(C)N)c2nccc(C)c2c1.O=P(O)(O)O.O=P(O)(O)O. The predicted octanol–water partition coefficient (Wildman–Crippen LogP) is 1.23. The fourth-order valence-electron chi connectivity index (χ4n) is 2.26. The standard InChI is InChI=1S/C16H23N3O.2H3O4P/c1-11-6-8-19-16-14(11)9-13(20-3)10-15(16)18-7-4-5-12(2)17;2*1-5(2,3)4/h6,8-10,12,18H,4-5,7,17H2,1-3H3;2*(H3,1,2,3,4). The van der Waals surface area contributed by atoms with Gasteiger partial charge in [0.1, 0.15) is 5.75 Å². The van der Waals surface area contributed by atoms with Crippen LogP contribution in [-0.2, 0) is 9.13 Å². The van der Waals surface area contributed by atoms with E-state index in [-0.39, 0.29) is 6.04 Å². The van der Waals surface area contributed by atoms with Crippen LogP contribution in [0.25, 0.3) is 10.9 Å². The second-order valence-electron chi connectivity index (χ2n) is 6.27. The molecular formula is C16H29N3O9P2. The number of benzene rings is 1. The van der Waals surface area contributed by atoms with E-state index in [0.29, 0.717) is 0 Å². The molecule has 9 N–H and O–H groups in total. The maximum absolute atomic E-state index is 8.88. The summed E-state index contributed by atoms with van der Waals surface area (Å²) in [4.78, 5) is 47.6. The Morgan fingerprint density at radius 3 is 2.13 bits per heavy atom. The number of nitrogens with one attached hydrogen (secondary N) is 1. The first kappa shape index (κ1) is 28.4. The lowest BCUT2D eigenvalue weighted by Crippen LogP contribution is -2.16.